The molecule has 0 bridgehead atoms. The van der Waals surface area contributed by atoms with Crippen LogP contribution in [-0.2, 0) is 25.6 Å². The molecule has 0 aliphatic carbocycles. The van der Waals surface area contributed by atoms with Crippen LogP contribution in [0.4, 0.5) is 0 Å². The SMILES string of the molecule is CCC(C)C(N)C(=O)NC(Cc1c[nH]c2ccccc12)C(=O)NCC(=O)NC(C)C(=O)O. The Kier molecular flexibility index (Phi) is 8.77. The lowest BCUT2D eigenvalue weighted by Crippen LogP contribution is -2.55. The van der Waals surface area contributed by atoms with Crippen LogP contribution in [0.25, 0.3) is 10.9 Å². The van der Waals surface area contributed by atoms with Gasteiger partial charge < -0.3 is 31.8 Å². The van der Waals surface area contributed by atoms with Crippen LogP contribution in [0, 0.1) is 5.92 Å². The smallest absolute Gasteiger partial charge is 0.325 e. The summed E-state index contributed by atoms with van der Waals surface area (Å²) >= 11 is 0. The molecule has 2 rings (SSSR count). The van der Waals surface area contributed by atoms with Crippen molar-refractivity contribution in [3.8, 4) is 0 Å². The number of carboxylic acid groups (broad SMARTS) is 1. The summed E-state index contributed by atoms with van der Waals surface area (Å²) in [6.45, 7) is 4.67. The Morgan fingerprint density at radius 1 is 1.09 bits per heavy atom. The van der Waals surface area contributed by atoms with Gasteiger partial charge in [0, 0.05) is 23.5 Å². The zero-order valence-electron chi connectivity index (χ0n) is 18.5. The van der Waals surface area contributed by atoms with Gasteiger partial charge in [-0.15, -0.1) is 0 Å². The van der Waals surface area contributed by atoms with Crippen LogP contribution in [0.15, 0.2) is 30.5 Å². The maximum Gasteiger partial charge on any atom is 0.325 e. The first-order chi connectivity index (χ1) is 15.1. The van der Waals surface area contributed by atoms with Gasteiger partial charge in [-0.3, -0.25) is 19.2 Å². The Hall–Kier alpha value is -3.40. The molecule has 10 heteroatoms. The molecule has 0 aliphatic heterocycles. The fourth-order valence-electron chi connectivity index (χ4n) is 3.15. The van der Waals surface area contributed by atoms with Gasteiger partial charge in [-0.05, 0) is 24.5 Å². The van der Waals surface area contributed by atoms with Crippen LogP contribution in [0.1, 0.15) is 32.8 Å². The minimum Gasteiger partial charge on any atom is -0.480 e. The quantitative estimate of drug-likeness (QED) is 0.290. The lowest BCUT2D eigenvalue weighted by Gasteiger charge is -2.23. The van der Waals surface area contributed by atoms with E-state index in [4.69, 9.17) is 10.8 Å². The average molecular weight is 446 g/mol. The molecule has 0 radical (unpaired) electrons. The highest BCUT2D eigenvalue weighted by Gasteiger charge is 2.27. The monoisotopic (exact) mass is 445 g/mol. The minimum absolute atomic E-state index is 0.0740. The third-order valence-electron chi connectivity index (χ3n) is 5.46. The number of carbonyl (C=O) groups excluding carboxylic acids is 3. The number of H-pyrrole nitrogens is 1. The van der Waals surface area contributed by atoms with Crippen molar-refractivity contribution in [3.63, 3.8) is 0 Å². The first-order valence-corrected chi connectivity index (χ1v) is 10.5. The predicted molar refractivity (Wildman–Crippen MR) is 120 cm³/mol. The number of hydrogen-bond acceptors (Lipinski definition) is 5. The third-order valence-corrected chi connectivity index (χ3v) is 5.46. The van der Waals surface area contributed by atoms with Gasteiger partial charge in [-0.1, -0.05) is 38.5 Å². The van der Waals surface area contributed by atoms with Crippen LogP contribution >= 0.6 is 0 Å². The molecule has 7 N–H and O–H groups in total. The molecule has 1 heterocycles. The second-order valence-electron chi connectivity index (χ2n) is 7.88. The molecule has 1 aromatic carbocycles. The third kappa shape index (κ3) is 6.55. The molecule has 4 unspecified atom stereocenters. The van der Waals surface area contributed by atoms with E-state index in [2.05, 4.69) is 20.9 Å². The number of benzene rings is 1. The summed E-state index contributed by atoms with van der Waals surface area (Å²) in [6, 6.07) is 4.73. The summed E-state index contributed by atoms with van der Waals surface area (Å²) in [7, 11) is 0. The first kappa shape index (κ1) is 24.9. The number of carbonyl (C=O) groups is 4. The van der Waals surface area contributed by atoms with E-state index in [1.54, 1.807) is 6.20 Å². The largest absolute Gasteiger partial charge is 0.480 e. The first-order valence-electron chi connectivity index (χ1n) is 10.5. The zero-order valence-corrected chi connectivity index (χ0v) is 18.5. The summed E-state index contributed by atoms with van der Waals surface area (Å²) in [6.07, 6.45) is 2.66. The Labute approximate surface area is 186 Å². The van der Waals surface area contributed by atoms with Crippen LogP contribution in [0.5, 0.6) is 0 Å². The number of rotatable bonds is 11. The Bertz CT molecular complexity index is 973. The van der Waals surface area contributed by atoms with Gasteiger partial charge in [0.1, 0.15) is 12.1 Å². The lowest BCUT2D eigenvalue weighted by molar-refractivity contribution is -0.141. The van der Waals surface area contributed by atoms with Gasteiger partial charge in [-0.25, -0.2) is 0 Å². The van der Waals surface area contributed by atoms with Crippen LogP contribution < -0.4 is 21.7 Å². The number of carboxylic acids is 1. The van der Waals surface area contributed by atoms with Crippen LogP contribution in [-0.4, -0.2) is 58.5 Å². The fourth-order valence-corrected chi connectivity index (χ4v) is 3.15. The summed E-state index contributed by atoms with van der Waals surface area (Å²) in [5.74, 6) is -2.94. The Morgan fingerprint density at radius 2 is 1.78 bits per heavy atom. The number of amides is 3. The second-order valence-corrected chi connectivity index (χ2v) is 7.88. The van der Waals surface area contributed by atoms with Gasteiger partial charge in [0.2, 0.25) is 17.7 Å². The summed E-state index contributed by atoms with van der Waals surface area (Å²) in [5, 5.41) is 17.2. The van der Waals surface area contributed by atoms with Gasteiger partial charge in [0.25, 0.3) is 0 Å². The molecule has 0 saturated carbocycles. The molecular weight excluding hydrogens is 414 g/mol. The van der Waals surface area contributed by atoms with Crippen LogP contribution in [0.2, 0.25) is 0 Å². The maximum atomic E-state index is 12.9. The number of nitrogens with two attached hydrogens (primary N) is 1. The Morgan fingerprint density at radius 3 is 2.44 bits per heavy atom. The molecule has 10 nitrogen and oxygen atoms in total. The van der Waals surface area contributed by atoms with Crippen molar-refractivity contribution >= 4 is 34.6 Å². The zero-order chi connectivity index (χ0) is 23.8. The van der Waals surface area contributed by atoms with Crippen molar-refractivity contribution in [2.24, 2.45) is 11.7 Å². The normalized spacial score (nSPS) is 14.8. The number of aromatic amines is 1. The van der Waals surface area contributed by atoms with Crippen molar-refractivity contribution < 1.29 is 24.3 Å². The molecule has 0 spiro atoms. The standard InChI is InChI=1S/C22H31N5O5/c1-4-12(2)19(23)21(30)27-17(9-14-10-24-16-8-6-5-7-15(14)16)20(29)25-11-18(28)26-13(3)22(31)32/h5-8,10,12-13,17,19,24H,4,9,11,23H2,1-3H3,(H,25,29)(H,26,28)(H,27,30)(H,31,32). The predicted octanol–water partition coefficient (Wildman–Crippen LogP) is 0.274. The molecule has 0 aliphatic rings. The highest BCUT2D eigenvalue weighted by Crippen LogP contribution is 2.19. The molecule has 4 atom stereocenters. The molecule has 0 saturated heterocycles. The van der Waals surface area contributed by atoms with Gasteiger partial charge in [0.05, 0.1) is 12.6 Å². The van der Waals surface area contributed by atoms with E-state index in [9.17, 15) is 19.2 Å². The van der Waals surface area contributed by atoms with Crippen molar-refractivity contribution in [1.82, 2.24) is 20.9 Å². The van der Waals surface area contributed by atoms with E-state index >= 15 is 0 Å². The number of fused-ring (bicyclic) bond motifs is 1. The highest BCUT2D eigenvalue weighted by atomic mass is 16.4. The fraction of sp³-hybridized carbons (Fsp3) is 0.455. The minimum atomic E-state index is -1.19. The van der Waals surface area contributed by atoms with E-state index < -0.39 is 48.4 Å². The maximum absolute atomic E-state index is 12.9. The lowest BCUT2D eigenvalue weighted by atomic mass is 9.98. The number of hydrogen-bond donors (Lipinski definition) is 6. The highest BCUT2D eigenvalue weighted by molar-refractivity contribution is 5.93. The topological polar surface area (TPSA) is 166 Å². The van der Waals surface area contributed by atoms with E-state index in [1.165, 1.54) is 6.92 Å². The molecular formula is C22H31N5O5. The molecule has 174 valence electrons. The van der Waals surface area contributed by atoms with Crippen molar-refractivity contribution in [2.75, 3.05) is 6.54 Å². The molecule has 1 aromatic heterocycles. The van der Waals surface area contributed by atoms with Crippen molar-refractivity contribution in [2.45, 2.75) is 51.7 Å². The molecule has 32 heavy (non-hydrogen) atoms. The molecule has 0 fully saturated rings. The molecule has 2 aromatic rings. The van der Waals surface area contributed by atoms with Crippen molar-refractivity contribution in [3.05, 3.63) is 36.0 Å². The number of aromatic nitrogens is 1. The summed E-state index contributed by atoms with van der Waals surface area (Å²) in [4.78, 5) is 51.4. The number of para-hydroxylation sites is 1. The van der Waals surface area contributed by atoms with Gasteiger partial charge in [-0.2, -0.15) is 0 Å². The average Bonchev–Trinajstić information content (AvgIpc) is 3.18. The van der Waals surface area contributed by atoms with E-state index in [-0.39, 0.29) is 12.3 Å². The molecule has 3 amide bonds. The summed E-state index contributed by atoms with van der Waals surface area (Å²) < 4.78 is 0. The van der Waals surface area contributed by atoms with E-state index in [0.717, 1.165) is 16.5 Å². The summed E-state index contributed by atoms with van der Waals surface area (Å²) in [5.41, 5.74) is 7.74. The van der Waals surface area contributed by atoms with E-state index in [1.807, 2.05) is 38.1 Å². The second kappa shape index (κ2) is 11.3. The van der Waals surface area contributed by atoms with Gasteiger partial charge >= 0.3 is 5.97 Å². The van der Waals surface area contributed by atoms with E-state index in [0.29, 0.717) is 6.42 Å². The Balaban J connectivity index is 2.13. The van der Waals surface area contributed by atoms with Crippen molar-refractivity contribution in [1.29, 1.82) is 0 Å². The van der Waals surface area contributed by atoms with Gasteiger partial charge in [0.15, 0.2) is 0 Å². The number of nitrogens with one attached hydrogen (secondary N) is 4. The van der Waals surface area contributed by atoms with Crippen LogP contribution in [0.3, 0.4) is 0 Å². The number of aliphatic carboxylic acids is 1.